The molecule has 2 fully saturated rings. The van der Waals surface area contributed by atoms with E-state index in [1.54, 1.807) is 0 Å². The Labute approximate surface area is 175 Å². The average Bonchev–Trinajstić information content (AvgIpc) is 2.88. The van der Waals surface area contributed by atoms with E-state index in [0.29, 0.717) is 35.7 Å². The summed E-state index contributed by atoms with van der Waals surface area (Å²) in [5.41, 5.74) is 0.368. The fourth-order valence-electron chi connectivity index (χ4n) is 5.66. The number of hydrogen-bond acceptors (Lipinski definition) is 3. The van der Waals surface area contributed by atoms with E-state index in [-0.39, 0.29) is 17.1 Å². The van der Waals surface area contributed by atoms with E-state index >= 15 is 0 Å². The second-order valence-electron chi connectivity index (χ2n) is 11.7. The molecule has 0 aliphatic heterocycles. The average molecular weight is 411 g/mol. The number of carbonyl (C=O) groups excluding carboxylic acids is 1. The minimum atomic E-state index is -1.74. The maximum Gasteiger partial charge on any atom is 0.306 e. The summed E-state index contributed by atoms with van der Waals surface area (Å²) in [6, 6.07) is 0. The largest absolute Gasteiger partial charge is 0.463 e. The van der Waals surface area contributed by atoms with Crippen molar-refractivity contribution in [2.24, 2.45) is 23.2 Å². The molecule has 0 bridgehead atoms. The van der Waals surface area contributed by atoms with Crippen molar-refractivity contribution in [3.05, 3.63) is 0 Å². The third-order valence-corrected chi connectivity index (χ3v) is 12.8. The van der Waals surface area contributed by atoms with Crippen LogP contribution in [0, 0.1) is 23.2 Å². The number of ether oxygens (including phenoxy) is 1. The summed E-state index contributed by atoms with van der Waals surface area (Å²) in [6.45, 7) is 20.6. The summed E-state index contributed by atoms with van der Waals surface area (Å²) in [5.74, 6) is 1.92. The Hall–Kier alpha value is -0.353. The number of carbonyl (C=O) groups is 1. The zero-order valence-electron chi connectivity index (χ0n) is 20.1. The highest BCUT2D eigenvalue weighted by molar-refractivity contribution is 6.74. The molecule has 0 amide bonds. The lowest BCUT2D eigenvalue weighted by atomic mass is 9.61. The molecule has 2 aliphatic carbocycles. The maximum atomic E-state index is 12.0. The molecule has 2 saturated carbocycles. The van der Waals surface area contributed by atoms with Crippen LogP contribution < -0.4 is 0 Å². The van der Waals surface area contributed by atoms with Crippen LogP contribution in [0.1, 0.15) is 93.4 Å². The second kappa shape index (κ2) is 8.79. The Morgan fingerprint density at radius 3 is 2.36 bits per heavy atom. The van der Waals surface area contributed by atoms with Crippen molar-refractivity contribution < 1.29 is 14.0 Å². The van der Waals surface area contributed by atoms with E-state index in [0.717, 1.165) is 6.42 Å². The molecule has 1 unspecified atom stereocenters. The first-order valence-corrected chi connectivity index (χ1v) is 14.6. The van der Waals surface area contributed by atoms with Gasteiger partial charge < -0.3 is 9.16 Å². The lowest BCUT2D eigenvalue weighted by Crippen LogP contribution is -2.50. The Balaban J connectivity index is 2.03. The number of fused-ring (bicyclic) bond motifs is 1. The highest BCUT2D eigenvalue weighted by atomic mass is 28.4. The van der Waals surface area contributed by atoms with Gasteiger partial charge in [-0.15, -0.1) is 0 Å². The normalized spacial score (nSPS) is 32.3. The van der Waals surface area contributed by atoms with E-state index < -0.39 is 8.32 Å². The van der Waals surface area contributed by atoms with Gasteiger partial charge >= 0.3 is 5.97 Å². The predicted molar refractivity (Wildman–Crippen MR) is 120 cm³/mol. The number of hydrogen-bond donors (Lipinski definition) is 0. The van der Waals surface area contributed by atoms with E-state index in [1.807, 2.05) is 13.8 Å². The first kappa shape index (κ1) is 23.9. The van der Waals surface area contributed by atoms with Crippen LogP contribution in [0.25, 0.3) is 0 Å². The van der Waals surface area contributed by atoms with Crippen LogP contribution in [0.2, 0.25) is 18.1 Å². The first-order chi connectivity index (χ1) is 12.8. The van der Waals surface area contributed by atoms with Gasteiger partial charge in [0.05, 0.1) is 6.10 Å². The molecule has 3 nitrogen and oxygen atoms in total. The van der Waals surface area contributed by atoms with Crippen molar-refractivity contribution in [1.82, 2.24) is 0 Å². The fraction of sp³-hybridized carbons (Fsp3) is 0.958. The molecule has 0 aromatic rings. The van der Waals surface area contributed by atoms with Gasteiger partial charge in [-0.2, -0.15) is 0 Å². The molecular formula is C24H46O3Si. The van der Waals surface area contributed by atoms with Crippen LogP contribution in [0.3, 0.4) is 0 Å². The maximum absolute atomic E-state index is 12.0. The molecule has 164 valence electrons. The van der Waals surface area contributed by atoms with E-state index in [2.05, 4.69) is 47.7 Å². The van der Waals surface area contributed by atoms with Gasteiger partial charge in [0.15, 0.2) is 8.32 Å². The van der Waals surface area contributed by atoms with Crippen LogP contribution in [0.15, 0.2) is 0 Å². The summed E-state index contributed by atoms with van der Waals surface area (Å²) in [7, 11) is -1.74. The molecule has 0 N–H and O–H groups in total. The summed E-state index contributed by atoms with van der Waals surface area (Å²) in [6.07, 6.45) is 8.35. The van der Waals surface area contributed by atoms with Crippen molar-refractivity contribution in [2.75, 3.05) is 0 Å². The highest BCUT2D eigenvalue weighted by Gasteiger charge is 2.54. The van der Waals surface area contributed by atoms with Crippen LogP contribution >= 0.6 is 0 Å². The van der Waals surface area contributed by atoms with Gasteiger partial charge in [0.1, 0.15) is 0 Å². The second-order valence-corrected chi connectivity index (χ2v) is 16.4. The standard InChI is InChI=1S/C24H46O3Si/c1-17(2)26-22(25)15-12-18(3)19-13-14-20-21(11-10-16-24(19,20)7)27-28(8,9)23(4,5)6/h17-21H,10-16H2,1-9H3/t18?,19-,20+,21+,24-/m1/s1. The monoisotopic (exact) mass is 410 g/mol. The third-order valence-electron chi connectivity index (χ3n) is 8.25. The van der Waals surface area contributed by atoms with Gasteiger partial charge in [-0.05, 0) is 87.3 Å². The molecule has 2 rings (SSSR count). The van der Waals surface area contributed by atoms with E-state index in [9.17, 15) is 4.79 Å². The smallest absolute Gasteiger partial charge is 0.306 e. The summed E-state index contributed by atoms with van der Waals surface area (Å²) < 4.78 is 12.3. The van der Waals surface area contributed by atoms with E-state index in [1.165, 1.54) is 32.1 Å². The van der Waals surface area contributed by atoms with Gasteiger partial charge in [0.2, 0.25) is 0 Å². The van der Waals surface area contributed by atoms with Crippen LogP contribution in [0.5, 0.6) is 0 Å². The Morgan fingerprint density at radius 1 is 1.14 bits per heavy atom. The molecule has 28 heavy (non-hydrogen) atoms. The zero-order valence-corrected chi connectivity index (χ0v) is 21.1. The quantitative estimate of drug-likeness (QED) is 0.336. The molecule has 5 atom stereocenters. The highest BCUT2D eigenvalue weighted by Crippen LogP contribution is 2.59. The lowest BCUT2D eigenvalue weighted by molar-refractivity contribution is -0.147. The van der Waals surface area contributed by atoms with Crippen molar-refractivity contribution in [2.45, 2.75) is 124 Å². The van der Waals surface area contributed by atoms with Gasteiger partial charge in [0.25, 0.3) is 0 Å². The molecule has 0 aromatic carbocycles. The third kappa shape index (κ3) is 5.22. The van der Waals surface area contributed by atoms with Crippen LogP contribution in [0.4, 0.5) is 0 Å². The SMILES string of the molecule is CC(C)OC(=O)CCC(C)[C@H]1CC[C@H]2[C@@H](O[Si](C)(C)C(C)(C)C)CCC[C@]12C. The Morgan fingerprint density at radius 2 is 1.79 bits per heavy atom. The van der Waals surface area contributed by atoms with Crippen molar-refractivity contribution in [3.8, 4) is 0 Å². The van der Waals surface area contributed by atoms with Gasteiger partial charge in [-0.3, -0.25) is 4.79 Å². The van der Waals surface area contributed by atoms with Crippen molar-refractivity contribution in [3.63, 3.8) is 0 Å². The van der Waals surface area contributed by atoms with Crippen molar-refractivity contribution in [1.29, 1.82) is 0 Å². The van der Waals surface area contributed by atoms with Gasteiger partial charge in [-0.25, -0.2) is 0 Å². The molecule has 0 radical (unpaired) electrons. The first-order valence-electron chi connectivity index (χ1n) is 11.6. The van der Waals surface area contributed by atoms with Gasteiger partial charge in [-0.1, -0.05) is 41.0 Å². The predicted octanol–water partition coefficient (Wildman–Crippen LogP) is 6.96. The van der Waals surface area contributed by atoms with Gasteiger partial charge in [0, 0.05) is 12.5 Å². The number of rotatable bonds is 7. The fourth-order valence-corrected chi connectivity index (χ4v) is 7.05. The van der Waals surface area contributed by atoms with Crippen molar-refractivity contribution >= 4 is 14.3 Å². The summed E-state index contributed by atoms with van der Waals surface area (Å²) in [5, 5.41) is 0.267. The molecule has 0 aromatic heterocycles. The molecule has 4 heteroatoms. The van der Waals surface area contributed by atoms with E-state index in [4.69, 9.17) is 9.16 Å². The summed E-state index contributed by atoms with van der Waals surface area (Å²) in [4.78, 5) is 12.0. The molecule has 0 heterocycles. The molecular weight excluding hydrogens is 364 g/mol. The lowest BCUT2D eigenvalue weighted by Gasteiger charge is -2.50. The summed E-state index contributed by atoms with van der Waals surface area (Å²) >= 11 is 0. The minimum absolute atomic E-state index is 0.0113. The minimum Gasteiger partial charge on any atom is -0.463 e. The molecule has 0 spiro atoms. The topological polar surface area (TPSA) is 35.5 Å². The van der Waals surface area contributed by atoms with Crippen LogP contribution in [-0.2, 0) is 14.0 Å². The Kier molecular flexibility index (Phi) is 7.51. The number of esters is 1. The molecule has 0 saturated heterocycles. The molecule has 2 aliphatic rings. The Bertz CT molecular complexity index is 536. The van der Waals surface area contributed by atoms with Crippen LogP contribution in [-0.4, -0.2) is 26.5 Å². The zero-order chi connectivity index (χ0) is 21.3.